The first-order valence-corrected chi connectivity index (χ1v) is 7.42. The van der Waals surface area contributed by atoms with E-state index in [1.54, 1.807) is 13.0 Å². The summed E-state index contributed by atoms with van der Waals surface area (Å²) in [6.45, 7) is 5.90. The van der Waals surface area contributed by atoms with Crippen molar-refractivity contribution in [2.75, 3.05) is 6.54 Å². The summed E-state index contributed by atoms with van der Waals surface area (Å²) in [6.07, 6.45) is -0.0678. The van der Waals surface area contributed by atoms with Crippen LogP contribution >= 0.6 is 11.6 Å². The van der Waals surface area contributed by atoms with Gasteiger partial charge in [-0.05, 0) is 38.5 Å². The fourth-order valence-electron chi connectivity index (χ4n) is 1.89. The van der Waals surface area contributed by atoms with Gasteiger partial charge in [0.05, 0.1) is 5.02 Å². The Hall–Kier alpha value is -2.08. The molecule has 0 bridgehead atoms. The third kappa shape index (κ3) is 4.46. The van der Waals surface area contributed by atoms with Crippen molar-refractivity contribution in [1.29, 1.82) is 0 Å². The quantitative estimate of drug-likeness (QED) is 0.854. The van der Waals surface area contributed by atoms with E-state index in [-0.39, 0.29) is 5.91 Å². The van der Waals surface area contributed by atoms with E-state index in [4.69, 9.17) is 16.3 Å². The number of benzene rings is 1. The summed E-state index contributed by atoms with van der Waals surface area (Å²) in [5.41, 5.74) is 1.02. The number of carbonyl (C=O) groups excluding carboxylic acids is 1. The maximum absolute atomic E-state index is 12.0. The summed E-state index contributed by atoms with van der Waals surface area (Å²) >= 11 is 6.05. The highest BCUT2D eigenvalue weighted by Crippen LogP contribution is 2.26. The van der Waals surface area contributed by atoms with Crippen LogP contribution in [-0.4, -0.2) is 33.7 Å². The number of halogens is 1. The third-order valence-electron chi connectivity index (χ3n) is 3.05. The van der Waals surface area contributed by atoms with E-state index in [2.05, 4.69) is 20.5 Å². The molecule has 1 aromatic heterocycles. The van der Waals surface area contributed by atoms with Crippen molar-refractivity contribution in [3.05, 3.63) is 40.4 Å². The molecule has 0 radical (unpaired) electrons. The molecule has 1 atom stereocenters. The molecule has 2 rings (SSSR count). The number of nitrogens with zero attached hydrogens (tertiary/aromatic N) is 2. The number of aromatic amines is 1. The number of H-pyrrole nitrogens is 1. The van der Waals surface area contributed by atoms with Crippen molar-refractivity contribution >= 4 is 17.5 Å². The molecule has 2 N–H and O–H groups in total. The minimum Gasteiger partial charge on any atom is -0.479 e. The normalized spacial score (nSPS) is 12.0. The minimum atomic E-state index is -0.631. The Labute approximate surface area is 134 Å². The topological polar surface area (TPSA) is 79.9 Å². The number of aromatic nitrogens is 3. The molecule has 0 aliphatic carbocycles. The second kappa shape index (κ2) is 7.26. The standard InChI is InChI=1S/C15H19ClN4O2/c1-9-4-5-12(16)13(8-9)22-10(2)15(21)17-7-6-14-18-11(3)19-20-14/h4-5,8,10H,6-7H2,1-3H3,(H,17,21)(H,18,19,20). The van der Waals surface area contributed by atoms with Crippen LogP contribution in [0.1, 0.15) is 24.1 Å². The van der Waals surface area contributed by atoms with Gasteiger partial charge in [-0.15, -0.1) is 0 Å². The fourth-order valence-corrected chi connectivity index (χ4v) is 2.05. The molecular formula is C15H19ClN4O2. The lowest BCUT2D eigenvalue weighted by Crippen LogP contribution is -2.37. The molecule has 0 saturated heterocycles. The number of carbonyl (C=O) groups is 1. The van der Waals surface area contributed by atoms with Crippen LogP contribution in [0, 0.1) is 13.8 Å². The van der Waals surface area contributed by atoms with Crippen molar-refractivity contribution in [2.45, 2.75) is 33.3 Å². The van der Waals surface area contributed by atoms with E-state index in [0.717, 1.165) is 11.4 Å². The van der Waals surface area contributed by atoms with Crippen molar-refractivity contribution in [2.24, 2.45) is 0 Å². The van der Waals surface area contributed by atoms with Crippen LogP contribution in [0.15, 0.2) is 18.2 Å². The van der Waals surface area contributed by atoms with Crippen LogP contribution in [0.2, 0.25) is 5.02 Å². The highest BCUT2D eigenvalue weighted by molar-refractivity contribution is 6.32. The number of rotatable bonds is 6. The Kier molecular flexibility index (Phi) is 5.38. The molecule has 0 aliphatic rings. The van der Waals surface area contributed by atoms with Crippen molar-refractivity contribution < 1.29 is 9.53 Å². The predicted molar refractivity (Wildman–Crippen MR) is 84.1 cm³/mol. The highest BCUT2D eigenvalue weighted by Gasteiger charge is 2.16. The van der Waals surface area contributed by atoms with E-state index in [1.165, 1.54) is 0 Å². The lowest BCUT2D eigenvalue weighted by Gasteiger charge is -2.15. The summed E-state index contributed by atoms with van der Waals surface area (Å²) in [5, 5.41) is 10.1. The van der Waals surface area contributed by atoms with E-state index >= 15 is 0 Å². The van der Waals surface area contributed by atoms with Gasteiger partial charge < -0.3 is 10.1 Å². The largest absolute Gasteiger partial charge is 0.479 e. The van der Waals surface area contributed by atoms with E-state index < -0.39 is 6.10 Å². The molecule has 118 valence electrons. The molecule has 0 fully saturated rings. The maximum Gasteiger partial charge on any atom is 0.260 e. The molecule has 0 saturated carbocycles. The van der Waals surface area contributed by atoms with Gasteiger partial charge in [0.25, 0.3) is 5.91 Å². The van der Waals surface area contributed by atoms with Gasteiger partial charge in [-0.1, -0.05) is 17.7 Å². The SMILES string of the molecule is Cc1ccc(Cl)c(OC(C)C(=O)NCCc2n[nH]c(C)n2)c1. The van der Waals surface area contributed by atoms with Crippen LogP contribution < -0.4 is 10.1 Å². The summed E-state index contributed by atoms with van der Waals surface area (Å²) in [6, 6.07) is 5.45. The van der Waals surface area contributed by atoms with Gasteiger partial charge in [0, 0.05) is 13.0 Å². The summed E-state index contributed by atoms with van der Waals surface area (Å²) in [5.74, 6) is 1.74. The summed E-state index contributed by atoms with van der Waals surface area (Å²) in [4.78, 5) is 16.2. The average Bonchev–Trinajstić information content (AvgIpc) is 2.88. The first-order chi connectivity index (χ1) is 10.5. The summed E-state index contributed by atoms with van der Waals surface area (Å²) in [7, 11) is 0. The van der Waals surface area contributed by atoms with Crippen LogP contribution in [0.3, 0.4) is 0 Å². The number of hydrogen-bond donors (Lipinski definition) is 2. The fraction of sp³-hybridized carbons (Fsp3) is 0.400. The molecule has 0 spiro atoms. The maximum atomic E-state index is 12.0. The molecule has 6 nitrogen and oxygen atoms in total. The zero-order chi connectivity index (χ0) is 16.1. The number of ether oxygens (including phenoxy) is 1. The predicted octanol–water partition coefficient (Wildman–Crippen LogP) is 2.20. The van der Waals surface area contributed by atoms with Crippen molar-refractivity contribution in [3.8, 4) is 5.75 Å². The Morgan fingerprint density at radius 3 is 2.91 bits per heavy atom. The van der Waals surface area contributed by atoms with Gasteiger partial charge in [0.15, 0.2) is 11.9 Å². The number of nitrogens with one attached hydrogen (secondary N) is 2. The molecule has 1 heterocycles. The summed E-state index contributed by atoms with van der Waals surface area (Å²) < 4.78 is 5.61. The Bertz CT molecular complexity index is 657. The van der Waals surface area contributed by atoms with Gasteiger partial charge in [-0.2, -0.15) is 5.10 Å². The molecule has 2 aromatic rings. The molecule has 22 heavy (non-hydrogen) atoms. The van der Waals surface area contributed by atoms with Crippen LogP contribution in [-0.2, 0) is 11.2 Å². The zero-order valence-corrected chi connectivity index (χ0v) is 13.6. The first kappa shape index (κ1) is 16.3. The van der Waals surface area contributed by atoms with Gasteiger partial charge in [-0.25, -0.2) is 4.98 Å². The first-order valence-electron chi connectivity index (χ1n) is 7.04. The second-order valence-corrected chi connectivity index (χ2v) is 5.48. The zero-order valence-electron chi connectivity index (χ0n) is 12.8. The Morgan fingerprint density at radius 1 is 1.45 bits per heavy atom. The van der Waals surface area contributed by atoms with Gasteiger partial charge in [0.2, 0.25) is 0 Å². The molecule has 1 amide bonds. The molecular weight excluding hydrogens is 304 g/mol. The average molecular weight is 323 g/mol. The smallest absolute Gasteiger partial charge is 0.260 e. The third-order valence-corrected chi connectivity index (χ3v) is 3.36. The Morgan fingerprint density at radius 2 is 2.23 bits per heavy atom. The lowest BCUT2D eigenvalue weighted by atomic mass is 10.2. The molecule has 1 aromatic carbocycles. The van der Waals surface area contributed by atoms with Crippen molar-refractivity contribution in [1.82, 2.24) is 20.5 Å². The van der Waals surface area contributed by atoms with Gasteiger partial charge in [0.1, 0.15) is 11.6 Å². The van der Waals surface area contributed by atoms with E-state index in [0.29, 0.717) is 29.6 Å². The monoisotopic (exact) mass is 322 g/mol. The molecule has 1 unspecified atom stereocenters. The minimum absolute atomic E-state index is 0.204. The second-order valence-electron chi connectivity index (χ2n) is 5.07. The lowest BCUT2D eigenvalue weighted by molar-refractivity contribution is -0.127. The highest BCUT2D eigenvalue weighted by atomic mass is 35.5. The number of amides is 1. The van der Waals surface area contributed by atoms with Crippen LogP contribution in [0.5, 0.6) is 5.75 Å². The number of aryl methyl sites for hydroxylation is 2. The van der Waals surface area contributed by atoms with Gasteiger partial charge >= 0.3 is 0 Å². The van der Waals surface area contributed by atoms with Crippen LogP contribution in [0.4, 0.5) is 0 Å². The molecule has 0 aliphatic heterocycles. The van der Waals surface area contributed by atoms with Crippen LogP contribution in [0.25, 0.3) is 0 Å². The Balaban J connectivity index is 1.82. The number of hydrogen-bond acceptors (Lipinski definition) is 4. The van der Waals surface area contributed by atoms with E-state index in [1.807, 2.05) is 26.0 Å². The van der Waals surface area contributed by atoms with Gasteiger partial charge in [-0.3, -0.25) is 9.89 Å². The molecule has 7 heteroatoms. The van der Waals surface area contributed by atoms with Crippen molar-refractivity contribution in [3.63, 3.8) is 0 Å². The van der Waals surface area contributed by atoms with E-state index in [9.17, 15) is 4.79 Å².